The van der Waals surface area contributed by atoms with Gasteiger partial charge in [-0.2, -0.15) is 0 Å². The third-order valence-electron chi connectivity index (χ3n) is 3.80. The van der Waals surface area contributed by atoms with Crippen molar-refractivity contribution in [1.29, 1.82) is 0 Å². The Hall–Kier alpha value is -0.570. The lowest BCUT2D eigenvalue weighted by atomic mass is 10.1. The quantitative estimate of drug-likeness (QED) is 0.517. The number of carbonyl (C=O) groups is 1. The number of nitrogens with zero attached hydrogens (tertiary/aromatic N) is 1. The van der Waals surface area contributed by atoms with Crippen LogP contribution in [0.25, 0.3) is 0 Å². The minimum Gasteiger partial charge on any atom is -0.393 e. The molecule has 1 N–H and O–H groups in total. The summed E-state index contributed by atoms with van der Waals surface area (Å²) in [6.07, 6.45) is 12.5. The van der Waals surface area contributed by atoms with Crippen LogP contribution in [0.2, 0.25) is 0 Å². The van der Waals surface area contributed by atoms with Crippen molar-refractivity contribution in [2.24, 2.45) is 0 Å². The van der Waals surface area contributed by atoms with E-state index in [1.807, 2.05) is 7.05 Å². The summed E-state index contributed by atoms with van der Waals surface area (Å²) < 4.78 is 0. The van der Waals surface area contributed by atoms with Gasteiger partial charge in [0.25, 0.3) is 0 Å². The Morgan fingerprint density at radius 3 is 2.00 bits per heavy atom. The molecule has 0 heterocycles. The summed E-state index contributed by atoms with van der Waals surface area (Å²) in [5.41, 5.74) is 0. The van der Waals surface area contributed by atoms with Crippen molar-refractivity contribution in [3.05, 3.63) is 0 Å². The average Bonchev–Trinajstić information content (AvgIpc) is 2.42. The third-order valence-corrected chi connectivity index (χ3v) is 3.80. The average molecular weight is 285 g/mol. The van der Waals surface area contributed by atoms with Crippen molar-refractivity contribution < 1.29 is 9.90 Å². The van der Waals surface area contributed by atoms with Crippen LogP contribution in [0.15, 0.2) is 0 Å². The number of aliphatic hydroxyl groups is 1. The van der Waals surface area contributed by atoms with Crippen molar-refractivity contribution in [2.75, 3.05) is 13.6 Å². The summed E-state index contributed by atoms with van der Waals surface area (Å²) in [5.74, 6) is 0.216. The van der Waals surface area contributed by atoms with Crippen LogP contribution < -0.4 is 0 Å². The molecule has 0 bridgehead atoms. The zero-order chi connectivity index (χ0) is 15.2. The molecule has 1 atom stereocenters. The van der Waals surface area contributed by atoms with E-state index in [-0.39, 0.29) is 12.0 Å². The molecule has 0 aliphatic carbocycles. The van der Waals surface area contributed by atoms with Gasteiger partial charge >= 0.3 is 0 Å². The van der Waals surface area contributed by atoms with E-state index in [1.165, 1.54) is 51.4 Å². The van der Waals surface area contributed by atoms with E-state index in [1.54, 1.807) is 11.8 Å². The van der Waals surface area contributed by atoms with Gasteiger partial charge in [0.05, 0.1) is 6.10 Å². The van der Waals surface area contributed by atoms with Crippen molar-refractivity contribution >= 4 is 5.91 Å². The fourth-order valence-corrected chi connectivity index (χ4v) is 2.28. The van der Waals surface area contributed by atoms with Gasteiger partial charge in [0.2, 0.25) is 5.91 Å². The van der Waals surface area contributed by atoms with Crippen LogP contribution in [0.1, 0.15) is 84.5 Å². The van der Waals surface area contributed by atoms with Gasteiger partial charge in [-0.3, -0.25) is 4.79 Å². The van der Waals surface area contributed by atoms with Crippen molar-refractivity contribution in [2.45, 2.75) is 90.6 Å². The largest absolute Gasteiger partial charge is 0.393 e. The van der Waals surface area contributed by atoms with Gasteiger partial charge in [-0.05, 0) is 19.8 Å². The lowest BCUT2D eigenvalue weighted by Crippen LogP contribution is -2.29. The molecule has 0 aromatic carbocycles. The number of unbranched alkanes of at least 4 members (excludes halogenated alkanes) is 8. The highest BCUT2D eigenvalue weighted by molar-refractivity contribution is 5.75. The predicted octanol–water partition coefficient (Wildman–Crippen LogP) is 4.14. The van der Waals surface area contributed by atoms with Gasteiger partial charge in [0.15, 0.2) is 0 Å². The molecule has 1 amide bonds. The number of aliphatic hydroxyl groups excluding tert-OH is 1. The van der Waals surface area contributed by atoms with Crippen molar-refractivity contribution in [1.82, 2.24) is 4.90 Å². The smallest absolute Gasteiger partial charge is 0.222 e. The highest BCUT2D eigenvalue weighted by Crippen LogP contribution is 2.11. The first-order valence-corrected chi connectivity index (χ1v) is 8.50. The molecule has 0 rings (SSSR count). The van der Waals surface area contributed by atoms with Crippen molar-refractivity contribution in [3.63, 3.8) is 0 Å². The number of hydrogen-bond acceptors (Lipinski definition) is 2. The number of rotatable bonds is 13. The molecule has 0 aromatic rings. The maximum atomic E-state index is 11.8. The van der Waals surface area contributed by atoms with Crippen LogP contribution in [-0.4, -0.2) is 35.6 Å². The first kappa shape index (κ1) is 19.4. The first-order chi connectivity index (χ1) is 9.57. The van der Waals surface area contributed by atoms with E-state index in [0.29, 0.717) is 19.4 Å². The fourth-order valence-electron chi connectivity index (χ4n) is 2.28. The van der Waals surface area contributed by atoms with E-state index >= 15 is 0 Å². The molecule has 0 radical (unpaired) electrons. The highest BCUT2D eigenvalue weighted by Gasteiger charge is 2.08. The summed E-state index contributed by atoms with van der Waals surface area (Å²) in [7, 11) is 1.83. The summed E-state index contributed by atoms with van der Waals surface area (Å²) in [4.78, 5) is 13.6. The number of amides is 1. The van der Waals surface area contributed by atoms with Gasteiger partial charge in [-0.15, -0.1) is 0 Å². The molecule has 120 valence electrons. The second-order valence-corrected chi connectivity index (χ2v) is 6.03. The Bertz CT molecular complexity index is 229. The van der Waals surface area contributed by atoms with Crippen molar-refractivity contribution in [3.8, 4) is 0 Å². The molecular weight excluding hydrogens is 250 g/mol. The monoisotopic (exact) mass is 285 g/mol. The molecule has 0 spiro atoms. The molecule has 0 saturated heterocycles. The summed E-state index contributed by atoms with van der Waals surface area (Å²) in [5, 5.41) is 9.20. The molecule has 3 nitrogen and oxygen atoms in total. The maximum absolute atomic E-state index is 11.8. The molecule has 20 heavy (non-hydrogen) atoms. The van der Waals surface area contributed by atoms with Gasteiger partial charge in [-0.25, -0.2) is 0 Å². The normalized spacial score (nSPS) is 12.4. The standard InChI is InChI=1S/C17H35NO2/c1-4-5-6-7-8-9-10-11-12-13-17(20)18(3)15-14-16(2)19/h16,19H,4-15H2,1-3H3. The molecule has 1 unspecified atom stereocenters. The van der Waals surface area contributed by atoms with E-state index < -0.39 is 0 Å². The summed E-state index contributed by atoms with van der Waals surface area (Å²) >= 11 is 0. The van der Waals surface area contributed by atoms with Gasteiger partial charge in [0.1, 0.15) is 0 Å². The van der Waals surface area contributed by atoms with Gasteiger partial charge < -0.3 is 10.0 Å². The van der Waals surface area contributed by atoms with Crippen LogP contribution in [0.5, 0.6) is 0 Å². The Balaban J connectivity index is 3.34. The summed E-state index contributed by atoms with van der Waals surface area (Å²) in [6, 6.07) is 0. The molecule has 0 aliphatic rings. The predicted molar refractivity (Wildman–Crippen MR) is 85.8 cm³/mol. The van der Waals surface area contributed by atoms with Gasteiger partial charge in [0, 0.05) is 20.0 Å². The Morgan fingerprint density at radius 2 is 1.50 bits per heavy atom. The topological polar surface area (TPSA) is 40.5 Å². The van der Waals surface area contributed by atoms with E-state index in [2.05, 4.69) is 6.92 Å². The van der Waals surface area contributed by atoms with Crippen LogP contribution in [0.3, 0.4) is 0 Å². The van der Waals surface area contributed by atoms with E-state index in [4.69, 9.17) is 0 Å². The highest BCUT2D eigenvalue weighted by atomic mass is 16.3. The molecule has 0 saturated carbocycles. The van der Waals surface area contributed by atoms with Crippen LogP contribution >= 0.6 is 0 Å². The lowest BCUT2D eigenvalue weighted by Gasteiger charge is -2.17. The summed E-state index contributed by atoms with van der Waals surface area (Å²) in [6.45, 7) is 4.67. The zero-order valence-corrected chi connectivity index (χ0v) is 13.9. The molecule has 0 aromatic heterocycles. The molecule has 0 fully saturated rings. The number of carbonyl (C=O) groups excluding carboxylic acids is 1. The zero-order valence-electron chi connectivity index (χ0n) is 13.9. The Labute approximate surface area is 125 Å². The number of hydrogen-bond donors (Lipinski definition) is 1. The van der Waals surface area contributed by atoms with Crippen LogP contribution in [-0.2, 0) is 4.79 Å². The SMILES string of the molecule is CCCCCCCCCCCC(=O)N(C)CCC(C)O. The van der Waals surface area contributed by atoms with Crippen LogP contribution in [0, 0.1) is 0 Å². The molecule has 3 heteroatoms. The lowest BCUT2D eigenvalue weighted by molar-refractivity contribution is -0.130. The van der Waals surface area contributed by atoms with E-state index in [0.717, 1.165) is 6.42 Å². The minimum atomic E-state index is -0.321. The second kappa shape index (κ2) is 13.4. The van der Waals surface area contributed by atoms with E-state index in [9.17, 15) is 9.90 Å². The first-order valence-electron chi connectivity index (χ1n) is 8.50. The third kappa shape index (κ3) is 12.5. The van der Waals surface area contributed by atoms with Gasteiger partial charge in [-0.1, -0.05) is 58.3 Å². The minimum absolute atomic E-state index is 0.216. The maximum Gasteiger partial charge on any atom is 0.222 e. The molecular formula is C17H35NO2. The second-order valence-electron chi connectivity index (χ2n) is 6.03. The Morgan fingerprint density at radius 1 is 1.00 bits per heavy atom. The fraction of sp³-hybridized carbons (Fsp3) is 0.941. The van der Waals surface area contributed by atoms with Crippen LogP contribution in [0.4, 0.5) is 0 Å². The Kier molecular flexibility index (Phi) is 13.0. The molecule has 0 aliphatic heterocycles.